The molecule has 0 aromatic heterocycles. The average Bonchev–Trinajstić information content (AvgIpc) is 2.52. The Hall–Kier alpha value is -2.22. The largest absolute Gasteiger partial charge is 0.356 e. The van der Waals surface area contributed by atoms with Crippen molar-refractivity contribution in [3.63, 3.8) is 0 Å². The highest BCUT2D eigenvalue weighted by Gasteiger charge is 2.31. The Balaban J connectivity index is 2.25. The van der Waals surface area contributed by atoms with Crippen molar-refractivity contribution in [1.29, 1.82) is 0 Å². The normalized spacial score (nSPS) is 14.8. The summed E-state index contributed by atoms with van der Waals surface area (Å²) < 4.78 is 0. The summed E-state index contributed by atoms with van der Waals surface area (Å²) in [5.41, 5.74) is 4.22. The number of anilines is 2. The van der Waals surface area contributed by atoms with Gasteiger partial charge in [-0.05, 0) is 55.5 Å². The van der Waals surface area contributed by atoms with Crippen molar-refractivity contribution in [2.75, 3.05) is 23.5 Å². The molecule has 3 aromatic rings. The number of fused-ring (bicyclic) bond motifs is 2. The molecule has 0 atom stereocenters. The second kappa shape index (κ2) is 4.64. The van der Waals surface area contributed by atoms with E-state index in [0.29, 0.717) is 0 Å². The number of rotatable bonds is 0. The van der Waals surface area contributed by atoms with Crippen LogP contribution in [-0.4, -0.2) is 19.3 Å². The molecule has 3 aromatic carbocycles. The Morgan fingerprint density at radius 1 is 0.870 bits per heavy atom. The fourth-order valence-electron chi connectivity index (χ4n) is 3.94. The van der Waals surface area contributed by atoms with Crippen molar-refractivity contribution < 1.29 is 0 Å². The molecule has 0 spiro atoms. The Labute approximate surface area is 138 Å². The summed E-state index contributed by atoms with van der Waals surface area (Å²) in [6, 6.07) is 15.5. The Morgan fingerprint density at radius 3 is 2.22 bits per heavy atom. The van der Waals surface area contributed by atoms with Gasteiger partial charge in [0.2, 0.25) is 0 Å². The molecule has 2 nitrogen and oxygen atoms in total. The average molecular weight is 304 g/mol. The maximum absolute atomic E-state index is 2.55. The summed E-state index contributed by atoms with van der Waals surface area (Å²) in [5.74, 6) is 0. The van der Waals surface area contributed by atoms with E-state index in [2.05, 4.69) is 87.0 Å². The van der Waals surface area contributed by atoms with Gasteiger partial charge in [0.05, 0.1) is 12.4 Å². The van der Waals surface area contributed by atoms with E-state index < -0.39 is 0 Å². The van der Waals surface area contributed by atoms with Crippen LogP contribution in [0.15, 0.2) is 42.5 Å². The molecule has 1 aliphatic heterocycles. The zero-order chi connectivity index (χ0) is 16.4. The van der Waals surface area contributed by atoms with Crippen LogP contribution >= 0.6 is 0 Å². The molecule has 118 valence electrons. The summed E-state index contributed by atoms with van der Waals surface area (Å²) in [4.78, 5) is 4.92. The minimum Gasteiger partial charge on any atom is -0.356 e. The molecule has 0 saturated heterocycles. The summed E-state index contributed by atoms with van der Waals surface area (Å²) in [6.45, 7) is 10.1. The van der Waals surface area contributed by atoms with Crippen molar-refractivity contribution in [3.05, 3.63) is 48.0 Å². The molecular formula is C21H24N2. The molecule has 0 bridgehead atoms. The molecule has 0 fully saturated rings. The number of aryl methyl sites for hydroxylation is 1. The van der Waals surface area contributed by atoms with Gasteiger partial charge >= 0.3 is 0 Å². The van der Waals surface area contributed by atoms with Crippen LogP contribution in [-0.2, 0) is 0 Å². The SMILES string of the molecule is Cc1c2c3c(cccc3c3ccccc13)N(C)CN2C(C)(C)C. The fraction of sp³-hybridized carbons (Fsp3) is 0.333. The molecule has 0 aliphatic carbocycles. The van der Waals surface area contributed by atoms with Crippen molar-refractivity contribution in [3.8, 4) is 0 Å². The second-order valence-electron chi connectivity index (χ2n) is 7.66. The van der Waals surface area contributed by atoms with Crippen LogP contribution in [0.1, 0.15) is 26.3 Å². The molecule has 23 heavy (non-hydrogen) atoms. The van der Waals surface area contributed by atoms with Crippen LogP contribution in [0.3, 0.4) is 0 Å². The Kier molecular flexibility index (Phi) is 2.90. The van der Waals surface area contributed by atoms with Crippen LogP contribution in [0.4, 0.5) is 11.4 Å². The monoisotopic (exact) mass is 304 g/mol. The summed E-state index contributed by atoms with van der Waals surface area (Å²) in [7, 11) is 2.20. The molecule has 1 heterocycles. The molecular weight excluding hydrogens is 280 g/mol. The van der Waals surface area contributed by atoms with E-state index in [1.54, 1.807) is 0 Å². The van der Waals surface area contributed by atoms with Gasteiger partial charge in [0, 0.05) is 23.7 Å². The fourth-order valence-corrected chi connectivity index (χ4v) is 3.94. The van der Waals surface area contributed by atoms with Gasteiger partial charge < -0.3 is 9.80 Å². The van der Waals surface area contributed by atoms with Crippen LogP contribution in [0.2, 0.25) is 0 Å². The summed E-state index contributed by atoms with van der Waals surface area (Å²) in [5, 5.41) is 5.48. The van der Waals surface area contributed by atoms with Gasteiger partial charge in [0.25, 0.3) is 0 Å². The summed E-state index contributed by atoms with van der Waals surface area (Å²) >= 11 is 0. The third-order valence-corrected chi connectivity index (χ3v) is 5.10. The third kappa shape index (κ3) is 1.94. The van der Waals surface area contributed by atoms with E-state index in [1.165, 1.54) is 38.5 Å². The Bertz CT molecular complexity index is 918. The first-order valence-electron chi connectivity index (χ1n) is 8.32. The molecule has 0 unspecified atom stereocenters. The van der Waals surface area contributed by atoms with E-state index in [4.69, 9.17) is 0 Å². The molecule has 2 heteroatoms. The van der Waals surface area contributed by atoms with Gasteiger partial charge in [0.1, 0.15) is 0 Å². The third-order valence-electron chi connectivity index (χ3n) is 5.10. The number of nitrogens with zero attached hydrogens (tertiary/aromatic N) is 2. The highest BCUT2D eigenvalue weighted by atomic mass is 15.3. The molecule has 0 N–H and O–H groups in total. The lowest BCUT2D eigenvalue weighted by atomic mass is 9.90. The minimum absolute atomic E-state index is 0.0853. The van der Waals surface area contributed by atoms with Crippen LogP contribution in [0.25, 0.3) is 21.5 Å². The van der Waals surface area contributed by atoms with Gasteiger partial charge in [0.15, 0.2) is 0 Å². The first kappa shape index (κ1) is 14.4. The molecule has 4 rings (SSSR count). The van der Waals surface area contributed by atoms with E-state index in [0.717, 1.165) is 6.67 Å². The lowest BCUT2D eigenvalue weighted by Crippen LogP contribution is -2.49. The standard InChI is InChI=1S/C21H24N2/c1-14-15-9-6-7-10-16(15)17-11-8-12-18-19(17)20(14)23(13-22(18)5)21(2,3)4/h6-12H,13H2,1-5H3. The predicted octanol–water partition coefficient (Wildman–Crippen LogP) is 5.31. The lowest BCUT2D eigenvalue weighted by Gasteiger charge is -2.46. The topological polar surface area (TPSA) is 6.48 Å². The first-order chi connectivity index (χ1) is 10.9. The number of hydrogen-bond acceptors (Lipinski definition) is 2. The molecule has 0 radical (unpaired) electrons. The lowest BCUT2D eigenvalue weighted by molar-refractivity contribution is 0.500. The van der Waals surface area contributed by atoms with Gasteiger partial charge in [-0.3, -0.25) is 0 Å². The van der Waals surface area contributed by atoms with Crippen molar-refractivity contribution in [2.45, 2.75) is 33.2 Å². The maximum Gasteiger partial charge on any atom is 0.0905 e. The second-order valence-corrected chi connectivity index (χ2v) is 7.66. The summed E-state index contributed by atoms with van der Waals surface area (Å²) in [6.07, 6.45) is 0. The van der Waals surface area contributed by atoms with E-state index in [1.807, 2.05) is 0 Å². The molecule has 0 saturated carbocycles. The molecule has 0 amide bonds. The van der Waals surface area contributed by atoms with Gasteiger partial charge in [-0.25, -0.2) is 0 Å². The van der Waals surface area contributed by atoms with E-state index in [9.17, 15) is 0 Å². The molecule has 1 aliphatic rings. The van der Waals surface area contributed by atoms with Crippen molar-refractivity contribution in [1.82, 2.24) is 0 Å². The predicted molar refractivity (Wildman–Crippen MR) is 102 cm³/mol. The van der Waals surface area contributed by atoms with E-state index >= 15 is 0 Å². The van der Waals surface area contributed by atoms with Gasteiger partial charge in [-0.1, -0.05) is 36.4 Å². The minimum atomic E-state index is 0.0853. The highest BCUT2D eigenvalue weighted by molar-refractivity contribution is 6.19. The Morgan fingerprint density at radius 2 is 1.52 bits per heavy atom. The van der Waals surface area contributed by atoms with Gasteiger partial charge in [-0.2, -0.15) is 0 Å². The van der Waals surface area contributed by atoms with E-state index in [-0.39, 0.29) is 5.54 Å². The zero-order valence-corrected chi connectivity index (χ0v) is 14.6. The van der Waals surface area contributed by atoms with Crippen molar-refractivity contribution in [2.24, 2.45) is 0 Å². The number of hydrogen-bond donors (Lipinski definition) is 0. The number of benzene rings is 3. The van der Waals surface area contributed by atoms with Crippen molar-refractivity contribution >= 4 is 32.9 Å². The quantitative estimate of drug-likeness (QED) is 0.519. The van der Waals surface area contributed by atoms with Crippen LogP contribution < -0.4 is 9.80 Å². The van der Waals surface area contributed by atoms with Gasteiger partial charge in [-0.15, -0.1) is 0 Å². The first-order valence-corrected chi connectivity index (χ1v) is 8.32. The zero-order valence-electron chi connectivity index (χ0n) is 14.6. The van der Waals surface area contributed by atoms with Crippen LogP contribution in [0, 0.1) is 6.92 Å². The maximum atomic E-state index is 2.55. The van der Waals surface area contributed by atoms with Crippen LogP contribution in [0.5, 0.6) is 0 Å². The highest BCUT2D eigenvalue weighted by Crippen LogP contribution is 2.46. The smallest absolute Gasteiger partial charge is 0.0905 e.